The maximum atomic E-state index is 5.16. The summed E-state index contributed by atoms with van der Waals surface area (Å²) < 4.78 is 5.16. The molecule has 0 aromatic heterocycles. The third-order valence-corrected chi connectivity index (χ3v) is 3.41. The van der Waals surface area contributed by atoms with Gasteiger partial charge in [-0.05, 0) is 43.4 Å². The molecule has 2 atom stereocenters. The van der Waals surface area contributed by atoms with E-state index in [1.165, 1.54) is 11.1 Å². The molecule has 2 rings (SSSR count). The number of rotatable bonds is 3. The summed E-state index contributed by atoms with van der Waals surface area (Å²) in [4.78, 5) is 4.63. The van der Waals surface area contributed by atoms with Crippen LogP contribution in [0.2, 0.25) is 0 Å². The molecule has 0 aromatic rings. The second kappa shape index (κ2) is 5.85. The van der Waals surface area contributed by atoms with Gasteiger partial charge in [-0.15, -0.1) is 0 Å². The predicted molar refractivity (Wildman–Crippen MR) is 76.8 cm³/mol. The standard InChI is InChI=1S/C16H21NO/c1-12-4-5-14(13(2)10-12)11-17-15-6-8-16(18-3)9-7-15/h4-6,8-9,11-12,15H,7,10H2,1-3H3/b17-11+. The van der Waals surface area contributed by atoms with Gasteiger partial charge < -0.3 is 4.74 Å². The van der Waals surface area contributed by atoms with Crippen molar-refractivity contribution in [2.45, 2.75) is 32.7 Å². The fourth-order valence-electron chi connectivity index (χ4n) is 2.26. The van der Waals surface area contributed by atoms with Gasteiger partial charge in [-0.25, -0.2) is 0 Å². The Labute approximate surface area is 109 Å². The van der Waals surface area contributed by atoms with Gasteiger partial charge in [0.2, 0.25) is 0 Å². The second-order valence-corrected chi connectivity index (χ2v) is 5.03. The highest BCUT2D eigenvalue weighted by Crippen LogP contribution is 2.22. The minimum atomic E-state index is 0.247. The van der Waals surface area contributed by atoms with Crippen molar-refractivity contribution in [2.75, 3.05) is 7.11 Å². The smallest absolute Gasteiger partial charge is 0.114 e. The molecule has 2 aliphatic carbocycles. The molecule has 0 bridgehead atoms. The Kier molecular flexibility index (Phi) is 4.19. The molecule has 0 saturated heterocycles. The van der Waals surface area contributed by atoms with E-state index in [1.807, 2.05) is 12.3 Å². The van der Waals surface area contributed by atoms with Crippen molar-refractivity contribution < 1.29 is 4.74 Å². The molecule has 0 saturated carbocycles. The minimum Gasteiger partial charge on any atom is -0.497 e. The number of methoxy groups -OCH3 is 1. The lowest BCUT2D eigenvalue weighted by Crippen LogP contribution is -2.06. The molecule has 0 spiro atoms. The van der Waals surface area contributed by atoms with Crippen LogP contribution in [0.5, 0.6) is 0 Å². The highest BCUT2D eigenvalue weighted by Gasteiger charge is 2.09. The monoisotopic (exact) mass is 243 g/mol. The predicted octanol–water partition coefficient (Wildman–Crippen LogP) is 3.83. The quantitative estimate of drug-likeness (QED) is 0.690. The third kappa shape index (κ3) is 3.22. The zero-order valence-corrected chi connectivity index (χ0v) is 11.4. The van der Waals surface area contributed by atoms with E-state index in [0.717, 1.165) is 18.6 Å². The van der Waals surface area contributed by atoms with E-state index in [-0.39, 0.29) is 6.04 Å². The molecule has 2 unspecified atom stereocenters. The van der Waals surface area contributed by atoms with Crippen LogP contribution in [-0.2, 0) is 4.74 Å². The normalized spacial score (nSPS) is 27.8. The van der Waals surface area contributed by atoms with Crippen LogP contribution in [0.3, 0.4) is 0 Å². The zero-order valence-electron chi connectivity index (χ0n) is 11.4. The molecule has 2 nitrogen and oxygen atoms in total. The lowest BCUT2D eigenvalue weighted by Gasteiger charge is -2.15. The fraction of sp³-hybridized carbons (Fsp3) is 0.438. The van der Waals surface area contributed by atoms with Crippen molar-refractivity contribution in [1.82, 2.24) is 0 Å². The Balaban J connectivity index is 1.97. The van der Waals surface area contributed by atoms with Crippen LogP contribution in [0.4, 0.5) is 0 Å². The highest BCUT2D eigenvalue weighted by molar-refractivity contribution is 5.84. The van der Waals surface area contributed by atoms with Crippen molar-refractivity contribution in [1.29, 1.82) is 0 Å². The van der Waals surface area contributed by atoms with Gasteiger partial charge in [0.15, 0.2) is 0 Å². The topological polar surface area (TPSA) is 21.6 Å². The van der Waals surface area contributed by atoms with Gasteiger partial charge in [-0.2, -0.15) is 0 Å². The molecule has 18 heavy (non-hydrogen) atoms. The van der Waals surface area contributed by atoms with Gasteiger partial charge >= 0.3 is 0 Å². The maximum Gasteiger partial charge on any atom is 0.114 e. The number of allylic oxidation sites excluding steroid dienone is 5. The lowest BCUT2D eigenvalue weighted by atomic mass is 9.92. The first-order valence-corrected chi connectivity index (χ1v) is 6.52. The van der Waals surface area contributed by atoms with Gasteiger partial charge in [0.25, 0.3) is 0 Å². The van der Waals surface area contributed by atoms with Crippen molar-refractivity contribution in [3.63, 3.8) is 0 Å². The SMILES string of the molecule is COC1=CCC(/N=C/C2=C(C)CC(C)C=C2)C=C1. The third-order valence-electron chi connectivity index (χ3n) is 3.41. The van der Waals surface area contributed by atoms with E-state index in [0.29, 0.717) is 5.92 Å². The van der Waals surface area contributed by atoms with Gasteiger partial charge in [-0.1, -0.05) is 30.7 Å². The summed E-state index contributed by atoms with van der Waals surface area (Å²) in [5, 5.41) is 0. The molecule has 0 aliphatic heterocycles. The molecule has 0 radical (unpaired) electrons. The average molecular weight is 243 g/mol. The molecule has 2 aliphatic rings. The summed E-state index contributed by atoms with van der Waals surface area (Å²) in [5.41, 5.74) is 2.70. The van der Waals surface area contributed by atoms with Crippen molar-refractivity contribution in [2.24, 2.45) is 10.9 Å². The van der Waals surface area contributed by atoms with Gasteiger partial charge in [0, 0.05) is 6.21 Å². The summed E-state index contributed by atoms with van der Waals surface area (Å²) in [6, 6.07) is 0.247. The average Bonchev–Trinajstić information content (AvgIpc) is 2.38. The van der Waals surface area contributed by atoms with Gasteiger partial charge in [-0.3, -0.25) is 4.99 Å². The Morgan fingerprint density at radius 3 is 2.78 bits per heavy atom. The Morgan fingerprint density at radius 2 is 2.17 bits per heavy atom. The number of hydrogen-bond donors (Lipinski definition) is 0. The maximum absolute atomic E-state index is 5.16. The van der Waals surface area contributed by atoms with Crippen LogP contribution >= 0.6 is 0 Å². The van der Waals surface area contributed by atoms with Crippen LogP contribution in [0.15, 0.2) is 52.3 Å². The van der Waals surface area contributed by atoms with Crippen LogP contribution in [0.25, 0.3) is 0 Å². The largest absolute Gasteiger partial charge is 0.497 e. The first-order valence-electron chi connectivity index (χ1n) is 6.52. The number of ether oxygens (including phenoxy) is 1. The molecular formula is C16H21NO. The molecule has 96 valence electrons. The van der Waals surface area contributed by atoms with Crippen LogP contribution < -0.4 is 0 Å². The summed E-state index contributed by atoms with van der Waals surface area (Å²) in [6.45, 7) is 4.44. The number of nitrogens with zero attached hydrogens (tertiary/aromatic N) is 1. The van der Waals surface area contributed by atoms with Crippen LogP contribution in [0, 0.1) is 5.92 Å². The highest BCUT2D eigenvalue weighted by atomic mass is 16.5. The number of aliphatic imine (C=N–C) groups is 1. The van der Waals surface area contributed by atoms with E-state index >= 15 is 0 Å². The summed E-state index contributed by atoms with van der Waals surface area (Å²) in [7, 11) is 1.70. The van der Waals surface area contributed by atoms with E-state index in [1.54, 1.807) is 7.11 Å². The zero-order chi connectivity index (χ0) is 13.0. The summed E-state index contributed by atoms with van der Waals surface area (Å²) in [5.74, 6) is 1.59. The van der Waals surface area contributed by atoms with Gasteiger partial charge in [0.1, 0.15) is 5.76 Å². The second-order valence-electron chi connectivity index (χ2n) is 5.03. The van der Waals surface area contributed by atoms with Crippen molar-refractivity contribution in [3.05, 3.63) is 47.3 Å². The first-order chi connectivity index (χ1) is 8.69. The molecule has 0 aromatic carbocycles. The van der Waals surface area contributed by atoms with Crippen molar-refractivity contribution >= 4 is 6.21 Å². The van der Waals surface area contributed by atoms with E-state index < -0.39 is 0 Å². The Bertz CT molecular complexity index is 452. The van der Waals surface area contributed by atoms with Crippen LogP contribution in [-0.4, -0.2) is 19.4 Å². The van der Waals surface area contributed by atoms with E-state index in [2.05, 4.69) is 43.1 Å². The molecule has 0 heterocycles. The Hall–Kier alpha value is -1.57. The first kappa shape index (κ1) is 12.9. The van der Waals surface area contributed by atoms with Crippen molar-refractivity contribution in [3.8, 4) is 0 Å². The summed E-state index contributed by atoms with van der Waals surface area (Å²) in [6.07, 6.45) is 14.7. The molecular weight excluding hydrogens is 222 g/mol. The molecule has 2 heteroatoms. The minimum absolute atomic E-state index is 0.247. The van der Waals surface area contributed by atoms with E-state index in [9.17, 15) is 0 Å². The molecule has 0 N–H and O–H groups in total. The van der Waals surface area contributed by atoms with E-state index in [4.69, 9.17) is 4.74 Å². The molecule has 0 fully saturated rings. The number of hydrogen-bond acceptors (Lipinski definition) is 2. The molecule has 0 amide bonds. The Morgan fingerprint density at radius 1 is 1.33 bits per heavy atom. The lowest BCUT2D eigenvalue weighted by molar-refractivity contribution is 0.303. The summed E-state index contributed by atoms with van der Waals surface area (Å²) >= 11 is 0. The fourth-order valence-corrected chi connectivity index (χ4v) is 2.26. The van der Waals surface area contributed by atoms with Crippen LogP contribution in [0.1, 0.15) is 26.7 Å². The van der Waals surface area contributed by atoms with Gasteiger partial charge in [0.05, 0.1) is 13.2 Å².